The molecule has 0 unspecified atom stereocenters. The van der Waals surface area contributed by atoms with Gasteiger partial charge in [-0.25, -0.2) is 4.98 Å². The number of para-hydroxylation sites is 2. The Balaban J connectivity index is 1.09. The van der Waals surface area contributed by atoms with Crippen LogP contribution in [-0.4, -0.2) is 4.98 Å². The van der Waals surface area contributed by atoms with E-state index in [4.69, 9.17) is 9.40 Å². The molecule has 10 rings (SSSR count). The third kappa shape index (κ3) is 4.46. The average molecular weight is 624 g/mol. The fourth-order valence-electron chi connectivity index (χ4n) is 7.51. The van der Waals surface area contributed by atoms with E-state index < -0.39 is 0 Å². The molecule has 2 nitrogen and oxygen atoms in total. The minimum Gasteiger partial charge on any atom is -0.455 e. The smallest absolute Gasteiger partial charge is 0.143 e. The van der Waals surface area contributed by atoms with Gasteiger partial charge in [0.1, 0.15) is 11.2 Å². The minimum atomic E-state index is 0.895. The second-order valence-corrected chi connectivity index (χ2v) is 12.7. The summed E-state index contributed by atoms with van der Waals surface area (Å²) >= 11 is 0. The number of aromatic nitrogens is 1. The molecular formula is C47H29NO. The van der Waals surface area contributed by atoms with Gasteiger partial charge < -0.3 is 4.42 Å². The summed E-state index contributed by atoms with van der Waals surface area (Å²) in [5.74, 6) is 0. The van der Waals surface area contributed by atoms with Crippen LogP contribution in [0.3, 0.4) is 0 Å². The van der Waals surface area contributed by atoms with Crippen molar-refractivity contribution in [3.05, 3.63) is 176 Å². The molecule has 0 fully saturated rings. The van der Waals surface area contributed by atoms with Crippen LogP contribution in [0.1, 0.15) is 0 Å². The van der Waals surface area contributed by atoms with E-state index in [2.05, 4.69) is 170 Å². The molecule has 2 heteroatoms. The van der Waals surface area contributed by atoms with Gasteiger partial charge in [-0.15, -0.1) is 0 Å². The van der Waals surface area contributed by atoms with Crippen LogP contribution in [0.25, 0.3) is 99.0 Å². The SMILES string of the molecule is c1ccc(-c2ccc(-c3cccc4c3oc3c(-c5cccc(-c6ccc7c8ccccc8c8ccccc8c7n6)c5)cccc34)cc2)cc1. The van der Waals surface area contributed by atoms with Crippen LogP contribution >= 0.6 is 0 Å². The van der Waals surface area contributed by atoms with Gasteiger partial charge in [-0.2, -0.15) is 0 Å². The van der Waals surface area contributed by atoms with Crippen LogP contribution in [0, 0.1) is 0 Å². The number of fused-ring (bicyclic) bond motifs is 9. The topological polar surface area (TPSA) is 26.0 Å². The predicted molar refractivity (Wildman–Crippen MR) is 206 cm³/mol. The number of benzene rings is 8. The van der Waals surface area contributed by atoms with Crippen LogP contribution in [0.5, 0.6) is 0 Å². The summed E-state index contributed by atoms with van der Waals surface area (Å²) in [5, 5.41) is 8.29. The largest absolute Gasteiger partial charge is 0.455 e. The molecule has 0 saturated heterocycles. The highest BCUT2D eigenvalue weighted by atomic mass is 16.3. The summed E-state index contributed by atoms with van der Waals surface area (Å²) in [6, 6.07) is 62.4. The van der Waals surface area contributed by atoms with Crippen LogP contribution in [0.15, 0.2) is 180 Å². The van der Waals surface area contributed by atoms with Crippen molar-refractivity contribution in [3.63, 3.8) is 0 Å². The molecule has 0 aliphatic rings. The van der Waals surface area contributed by atoms with Crippen LogP contribution in [0.4, 0.5) is 0 Å². The summed E-state index contributed by atoms with van der Waals surface area (Å²) in [5.41, 5.74) is 11.7. The van der Waals surface area contributed by atoms with Gasteiger partial charge in [0.05, 0.1) is 11.2 Å². The van der Waals surface area contributed by atoms with E-state index in [0.29, 0.717) is 0 Å². The summed E-state index contributed by atoms with van der Waals surface area (Å²) in [7, 11) is 0. The maximum absolute atomic E-state index is 6.82. The highest BCUT2D eigenvalue weighted by Gasteiger charge is 2.17. The van der Waals surface area contributed by atoms with Crippen molar-refractivity contribution in [1.82, 2.24) is 4.98 Å². The maximum atomic E-state index is 6.82. The molecule has 2 aromatic heterocycles. The van der Waals surface area contributed by atoms with Crippen LogP contribution < -0.4 is 0 Å². The molecule has 0 N–H and O–H groups in total. The Morgan fingerprint density at radius 3 is 1.47 bits per heavy atom. The van der Waals surface area contributed by atoms with E-state index in [0.717, 1.165) is 61.0 Å². The van der Waals surface area contributed by atoms with Gasteiger partial charge in [0.25, 0.3) is 0 Å². The lowest BCUT2D eigenvalue weighted by Crippen LogP contribution is -1.90. The van der Waals surface area contributed by atoms with E-state index in [1.165, 1.54) is 38.1 Å². The average Bonchev–Trinajstić information content (AvgIpc) is 3.58. The first-order valence-electron chi connectivity index (χ1n) is 16.7. The van der Waals surface area contributed by atoms with Crippen molar-refractivity contribution >= 4 is 54.4 Å². The van der Waals surface area contributed by atoms with Gasteiger partial charge >= 0.3 is 0 Å². The Bertz CT molecular complexity index is 2830. The Labute approximate surface area is 283 Å². The fourth-order valence-corrected chi connectivity index (χ4v) is 7.51. The lowest BCUT2D eigenvalue weighted by atomic mass is 9.96. The molecule has 10 aromatic rings. The summed E-state index contributed by atoms with van der Waals surface area (Å²) in [6.07, 6.45) is 0. The van der Waals surface area contributed by atoms with E-state index in [1.807, 2.05) is 6.07 Å². The van der Waals surface area contributed by atoms with Gasteiger partial charge in [-0.05, 0) is 56.6 Å². The first-order chi connectivity index (χ1) is 24.3. The number of hydrogen-bond acceptors (Lipinski definition) is 2. The number of hydrogen-bond donors (Lipinski definition) is 0. The van der Waals surface area contributed by atoms with E-state index in [9.17, 15) is 0 Å². The normalized spacial score (nSPS) is 11.7. The quantitative estimate of drug-likeness (QED) is 0.182. The van der Waals surface area contributed by atoms with Gasteiger partial charge in [0.15, 0.2) is 0 Å². The third-order valence-corrected chi connectivity index (χ3v) is 9.88. The Morgan fingerprint density at radius 2 is 0.776 bits per heavy atom. The number of furan rings is 1. The molecule has 0 bridgehead atoms. The van der Waals surface area contributed by atoms with Crippen LogP contribution in [-0.2, 0) is 0 Å². The Hall–Kier alpha value is -6.51. The molecule has 0 aliphatic carbocycles. The zero-order chi connectivity index (χ0) is 32.3. The zero-order valence-corrected chi connectivity index (χ0v) is 26.6. The highest BCUT2D eigenvalue weighted by molar-refractivity contribution is 6.24. The monoisotopic (exact) mass is 623 g/mol. The van der Waals surface area contributed by atoms with Gasteiger partial charge in [0, 0.05) is 38.2 Å². The van der Waals surface area contributed by atoms with E-state index >= 15 is 0 Å². The standard InChI is InChI=1S/C47H29NO/c1-2-11-30(12-3-1)31-23-25-32(26-24-31)35-19-9-21-42-43-22-10-20-36(47(43)49-46(35)42)33-13-8-14-34(29-33)44-28-27-41-39-17-5-4-15-37(39)38-16-6-7-18-40(38)45(41)48-44/h1-29H. The molecule has 8 aromatic carbocycles. The van der Waals surface area contributed by atoms with Gasteiger partial charge in [-0.3, -0.25) is 0 Å². The van der Waals surface area contributed by atoms with Crippen molar-refractivity contribution in [2.45, 2.75) is 0 Å². The molecule has 0 amide bonds. The molecule has 0 aliphatic heterocycles. The van der Waals surface area contributed by atoms with Crippen molar-refractivity contribution in [1.29, 1.82) is 0 Å². The predicted octanol–water partition coefficient (Wildman–Crippen LogP) is 13.1. The molecule has 228 valence electrons. The van der Waals surface area contributed by atoms with Crippen LogP contribution in [0.2, 0.25) is 0 Å². The van der Waals surface area contributed by atoms with Gasteiger partial charge in [-0.1, -0.05) is 158 Å². The molecule has 49 heavy (non-hydrogen) atoms. The number of nitrogens with zero attached hydrogens (tertiary/aromatic N) is 1. The van der Waals surface area contributed by atoms with Crippen molar-refractivity contribution < 1.29 is 4.42 Å². The second kappa shape index (κ2) is 11.0. The molecule has 0 saturated carbocycles. The third-order valence-electron chi connectivity index (χ3n) is 9.88. The fraction of sp³-hybridized carbons (Fsp3) is 0. The van der Waals surface area contributed by atoms with Crippen molar-refractivity contribution in [2.24, 2.45) is 0 Å². The molecule has 2 heterocycles. The minimum absolute atomic E-state index is 0.895. The van der Waals surface area contributed by atoms with Crippen molar-refractivity contribution in [3.8, 4) is 44.6 Å². The number of pyridine rings is 1. The Kier molecular flexibility index (Phi) is 6.22. The first-order valence-corrected chi connectivity index (χ1v) is 16.7. The van der Waals surface area contributed by atoms with Gasteiger partial charge in [0.2, 0.25) is 0 Å². The zero-order valence-electron chi connectivity index (χ0n) is 26.6. The lowest BCUT2D eigenvalue weighted by molar-refractivity contribution is 0.671. The van der Waals surface area contributed by atoms with E-state index in [1.54, 1.807) is 0 Å². The lowest BCUT2D eigenvalue weighted by Gasteiger charge is -2.12. The summed E-state index contributed by atoms with van der Waals surface area (Å²) in [4.78, 5) is 5.30. The summed E-state index contributed by atoms with van der Waals surface area (Å²) in [6.45, 7) is 0. The molecular weight excluding hydrogens is 595 g/mol. The molecule has 0 radical (unpaired) electrons. The Morgan fingerprint density at radius 1 is 0.306 bits per heavy atom. The van der Waals surface area contributed by atoms with Crippen molar-refractivity contribution in [2.75, 3.05) is 0 Å². The maximum Gasteiger partial charge on any atom is 0.143 e. The first kappa shape index (κ1) is 27.6. The van der Waals surface area contributed by atoms with E-state index in [-0.39, 0.29) is 0 Å². The second-order valence-electron chi connectivity index (χ2n) is 12.7. The number of rotatable bonds is 4. The summed E-state index contributed by atoms with van der Waals surface area (Å²) < 4.78 is 6.82. The highest BCUT2D eigenvalue weighted by Crippen LogP contribution is 2.41. The molecule has 0 atom stereocenters. The molecule has 0 spiro atoms.